The minimum atomic E-state index is -0.273. The Morgan fingerprint density at radius 3 is 2.44 bits per heavy atom. The number of imidazole rings is 1. The summed E-state index contributed by atoms with van der Waals surface area (Å²) in [7, 11) is 0. The predicted molar refractivity (Wildman–Crippen MR) is 113 cm³/mol. The number of amides is 1. The van der Waals surface area contributed by atoms with E-state index in [0.29, 0.717) is 10.7 Å². The van der Waals surface area contributed by atoms with Gasteiger partial charge in [-0.2, -0.15) is 0 Å². The largest absolute Gasteiger partial charge is 0.331 e. The number of hydrogen-bond donors (Lipinski definition) is 3. The predicted octanol–water partition coefficient (Wildman–Crippen LogP) is 3.61. The smallest absolute Gasteiger partial charge is 0.269 e. The molecule has 1 aromatic heterocycles. The molecule has 140 valence electrons. The second-order valence-electron chi connectivity index (χ2n) is 6.52. The van der Waals surface area contributed by atoms with E-state index in [2.05, 4.69) is 38.7 Å². The Bertz CT molecular complexity index is 1000. The van der Waals surface area contributed by atoms with E-state index in [1.54, 1.807) is 12.1 Å². The van der Waals surface area contributed by atoms with Crippen molar-refractivity contribution < 1.29 is 4.79 Å². The Morgan fingerprint density at radius 2 is 1.78 bits per heavy atom. The molecule has 3 aromatic rings. The van der Waals surface area contributed by atoms with Crippen molar-refractivity contribution in [2.24, 2.45) is 0 Å². The number of benzene rings is 2. The number of thiocarbonyl (C=S) groups is 1. The van der Waals surface area contributed by atoms with Crippen molar-refractivity contribution in [3.05, 3.63) is 58.9 Å². The summed E-state index contributed by atoms with van der Waals surface area (Å²) < 4.78 is 2.11. The van der Waals surface area contributed by atoms with Crippen LogP contribution in [0.1, 0.15) is 34.2 Å². The first-order valence-corrected chi connectivity index (χ1v) is 9.20. The zero-order valence-electron chi connectivity index (χ0n) is 15.9. The summed E-state index contributed by atoms with van der Waals surface area (Å²) in [5.74, 6) is 0.659. The van der Waals surface area contributed by atoms with Gasteiger partial charge in [-0.1, -0.05) is 6.07 Å². The number of aryl methyl sites for hydroxylation is 4. The summed E-state index contributed by atoms with van der Waals surface area (Å²) in [6.07, 6.45) is 0. The van der Waals surface area contributed by atoms with Crippen LogP contribution in [-0.2, 0) is 6.54 Å². The van der Waals surface area contributed by atoms with Crippen LogP contribution in [0.4, 0.5) is 5.69 Å². The fraction of sp³-hybridized carbons (Fsp3) is 0.250. The quantitative estimate of drug-likeness (QED) is 0.478. The fourth-order valence-electron chi connectivity index (χ4n) is 3.19. The van der Waals surface area contributed by atoms with Crippen LogP contribution in [0, 0.1) is 20.8 Å². The number of anilines is 1. The van der Waals surface area contributed by atoms with Gasteiger partial charge in [0.05, 0.1) is 11.0 Å². The SMILES string of the molecule is CCn1c(C)nc2cc(C(=O)NNC(=S)Nc3cc(C)cc(C)c3)ccc21. The lowest BCUT2D eigenvalue weighted by Crippen LogP contribution is -2.43. The molecule has 0 aliphatic rings. The average molecular weight is 382 g/mol. The number of rotatable bonds is 3. The number of aromatic nitrogens is 2. The summed E-state index contributed by atoms with van der Waals surface area (Å²) in [4.78, 5) is 16.9. The zero-order valence-corrected chi connectivity index (χ0v) is 16.7. The number of hydrogen-bond acceptors (Lipinski definition) is 3. The molecule has 3 rings (SSSR count). The molecule has 1 amide bonds. The van der Waals surface area contributed by atoms with Crippen LogP contribution >= 0.6 is 12.2 Å². The third-order valence-electron chi connectivity index (χ3n) is 4.29. The van der Waals surface area contributed by atoms with Crippen molar-refractivity contribution in [2.45, 2.75) is 34.2 Å². The van der Waals surface area contributed by atoms with Crippen LogP contribution in [0.3, 0.4) is 0 Å². The summed E-state index contributed by atoms with van der Waals surface area (Å²) in [6, 6.07) is 11.5. The van der Waals surface area contributed by atoms with Crippen molar-refractivity contribution in [1.29, 1.82) is 0 Å². The second-order valence-corrected chi connectivity index (χ2v) is 6.92. The van der Waals surface area contributed by atoms with Gasteiger partial charge < -0.3 is 9.88 Å². The molecule has 0 aliphatic heterocycles. The molecule has 27 heavy (non-hydrogen) atoms. The molecule has 0 saturated carbocycles. The van der Waals surface area contributed by atoms with Gasteiger partial charge in [0.25, 0.3) is 5.91 Å². The number of hydrazine groups is 1. The highest BCUT2D eigenvalue weighted by Crippen LogP contribution is 2.18. The first kappa shape index (κ1) is 18.8. The lowest BCUT2D eigenvalue weighted by Gasteiger charge is -2.12. The molecule has 0 radical (unpaired) electrons. The van der Waals surface area contributed by atoms with E-state index in [9.17, 15) is 4.79 Å². The molecule has 1 heterocycles. The van der Waals surface area contributed by atoms with Gasteiger partial charge in [0, 0.05) is 17.8 Å². The summed E-state index contributed by atoms with van der Waals surface area (Å²) in [5.41, 5.74) is 10.9. The van der Waals surface area contributed by atoms with Crippen molar-refractivity contribution in [3.63, 3.8) is 0 Å². The third kappa shape index (κ3) is 4.25. The maximum atomic E-state index is 12.4. The van der Waals surface area contributed by atoms with Crippen molar-refractivity contribution in [3.8, 4) is 0 Å². The molecule has 0 unspecified atom stereocenters. The molecular formula is C20H23N5OS. The molecule has 3 N–H and O–H groups in total. The van der Waals surface area contributed by atoms with E-state index in [1.807, 2.05) is 39.0 Å². The maximum absolute atomic E-state index is 12.4. The molecule has 6 nitrogen and oxygen atoms in total. The molecular weight excluding hydrogens is 358 g/mol. The fourth-order valence-corrected chi connectivity index (χ4v) is 3.35. The Hall–Kier alpha value is -2.93. The zero-order chi connectivity index (χ0) is 19.6. The highest BCUT2D eigenvalue weighted by atomic mass is 32.1. The average Bonchev–Trinajstić information content (AvgIpc) is 2.92. The van der Waals surface area contributed by atoms with E-state index in [-0.39, 0.29) is 5.91 Å². The summed E-state index contributed by atoms with van der Waals surface area (Å²) in [5, 5.41) is 3.39. The van der Waals surface area contributed by atoms with E-state index in [0.717, 1.165) is 40.2 Å². The van der Waals surface area contributed by atoms with Crippen LogP contribution in [0.15, 0.2) is 36.4 Å². The van der Waals surface area contributed by atoms with Crippen LogP contribution in [0.25, 0.3) is 11.0 Å². The van der Waals surface area contributed by atoms with Gasteiger partial charge in [-0.05, 0) is 81.4 Å². The van der Waals surface area contributed by atoms with Crippen molar-refractivity contribution in [1.82, 2.24) is 20.4 Å². The molecule has 0 atom stereocenters. The molecule has 0 bridgehead atoms. The highest BCUT2D eigenvalue weighted by molar-refractivity contribution is 7.80. The first-order chi connectivity index (χ1) is 12.9. The molecule has 0 saturated heterocycles. The molecule has 7 heteroatoms. The molecule has 0 spiro atoms. The van der Waals surface area contributed by atoms with Gasteiger partial charge in [0.15, 0.2) is 5.11 Å². The number of nitrogens with zero attached hydrogens (tertiary/aromatic N) is 2. The normalized spacial score (nSPS) is 10.7. The van der Waals surface area contributed by atoms with Crippen LogP contribution in [0.5, 0.6) is 0 Å². The maximum Gasteiger partial charge on any atom is 0.269 e. The highest BCUT2D eigenvalue weighted by Gasteiger charge is 2.11. The number of nitrogens with one attached hydrogen (secondary N) is 3. The topological polar surface area (TPSA) is 71.0 Å². The van der Waals surface area contributed by atoms with Crippen LogP contribution < -0.4 is 16.2 Å². The summed E-state index contributed by atoms with van der Waals surface area (Å²) in [6.45, 7) is 8.92. The lowest BCUT2D eigenvalue weighted by atomic mass is 10.1. The Morgan fingerprint density at radius 1 is 1.07 bits per heavy atom. The summed E-state index contributed by atoms with van der Waals surface area (Å²) >= 11 is 5.25. The van der Waals surface area contributed by atoms with E-state index >= 15 is 0 Å². The standard InChI is InChI=1S/C20H23N5OS/c1-5-25-14(4)21-17-11-15(6-7-18(17)25)19(26)23-24-20(27)22-16-9-12(2)8-13(3)10-16/h6-11H,5H2,1-4H3,(H,23,26)(H2,22,24,27). The molecule has 0 aliphatic carbocycles. The van der Waals surface area contributed by atoms with E-state index in [4.69, 9.17) is 12.2 Å². The third-order valence-corrected chi connectivity index (χ3v) is 4.49. The first-order valence-electron chi connectivity index (χ1n) is 8.80. The lowest BCUT2D eigenvalue weighted by molar-refractivity contribution is 0.0944. The van der Waals surface area contributed by atoms with Gasteiger partial charge in [0.1, 0.15) is 5.82 Å². The van der Waals surface area contributed by atoms with Gasteiger partial charge in [-0.15, -0.1) is 0 Å². The number of fused-ring (bicyclic) bond motifs is 1. The Labute approximate surface area is 164 Å². The minimum Gasteiger partial charge on any atom is -0.331 e. The Balaban J connectivity index is 1.65. The van der Waals surface area contributed by atoms with Gasteiger partial charge in [0.2, 0.25) is 0 Å². The van der Waals surface area contributed by atoms with Crippen LogP contribution in [-0.4, -0.2) is 20.6 Å². The van der Waals surface area contributed by atoms with Gasteiger partial charge in [-0.3, -0.25) is 15.6 Å². The van der Waals surface area contributed by atoms with Crippen molar-refractivity contribution >= 4 is 40.0 Å². The van der Waals surface area contributed by atoms with E-state index in [1.165, 1.54) is 0 Å². The van der Waals surface area contributed by atoms with Gasteiger partial charge in [-0.25, -0.2) is 4.98 Å². The number of carbonyl (C=O) groups is 1. The second kappa shape index (κ2) is 7.75. The minimum absolute atomic E-state index is 0.273. The van der Waals surface area contributed by atoms with Crippen molar-refractivity contribution in [2.75, 3.05) is 5.32 Å². The molecule has 0 fully saturated rings. The molecule has 2 aromatic carbocycles. The number of carbonyl (C=O) groups excluding carboxylic acids is 1. The van der Waals surface area contributed by atoms with Crippen LogP contribution in [0.2, 0.25) is 0 Å². The van der Waals surface area contributed by atoms with Gasteiger partial charge >= 0.3 is 0 Å². The Kier molecular flexibility index (Phi) is 5.41. The van der Waals surface area contributed by atoms with E-state index < -0.39 is 0 Å². The monoisotopic (exact) mass is 381 g/mol.